The largest absolute Gasteiger partial charge is 0.287 e. The molecule has 11 heteroatoms. The summed E-state index contributed by atoms with van der Waals surface area (Å²) in [5.41, 5.74) is 1.32. The SMILES string of the molecule is O=C(NS(=O)(=O)c1csc(-c2ccccc2)n1)c1cn(-c2ccccc2Br)nn1. The van der Waals surface area contributed by atoms with Crippen LogP contribution in [0.3, 0.4) is 0 Å². The summed E-state index contributed by atoms with van der Waals surface area (Å²) in [6, 6.07) is 16.4. The Bertz CT molecular complexity index is 1290. The van der Waals surface area contributed by atoms with Crippen LogP contribution in [0.5, 0.6) is 0 Å². The molecule has 0 saturated heterocycles. The summed E-state index contributed by atoms with van der Waals surface area (Å²) < 4.78 is 29.2. The normalized spacial score (nSPS) is 11.3. The number of thiazole rings is 1. The van der Waals surface area contributed by atoms with Crippen LogP contribution in [0, 0.1) is 0 Å². The van der Waals surface area contributed by atoms with E-state index >= 15 is 0 Å². The van der Waals surface area contributed by atoms with Crippen molar-refractivity contribution in [2.24, 2.45) is 0 Å². The van der Waals surface area contributed by atoms with Crippen LogP contribution in [0.4, 0.5) is 0 Å². The number of benzene rings is 2. The summed E-state index contributed by atoms with van der Waals surface area (Å²) in [5.74, 6) is -0.891. The maximum atomic E-state index is 12.5. The van der Waals surface area contributed by atoms with Gasteiger partial charge in [-0.15, -0.1) is 16.4 Å². The first-order chi connectivity index (χ1) is 13.9. The van der Waals surface area contributed by atoms with Crippen molar-refractivity contribution in [2.45, 2.75) is 5.03 Å². The minimum Gasteiger partial charge on any atom is -0.266 e. The molecule has 0 aliphatic rings. The lowest BCUT2D eigenvalue weighted by atomic mass is 10.2. The van der Waals surface area contributed by atoms with E-state index in [1.807, 2.05) is 47.2 Å². The first-order valence-electron chi connectivity index (χ1n) is 8.19. The Morgan fingerprint density at radius 1 is 1.07 bits per heavy atom. The Morgan fingerprint density at radius 3 is 2.55 bits per heavy atom. The molecule has 0 atom stereocenters. The molecule has 2 aromatic heterocycles. The molecule has 2 heterocycles. The quantitative estimate of drug-likeness (QED) is 0.460. The van der Waals surface area contributed by atoms with Crippen molar-refractivity contribution < 1.29 is 13.2 Å². The van der Waals surface area contributed by atoms with Gasteiger partial charge in [-0.05, 0) is 28.1 Å². The van der Waals surface area contributed by atoms with Crippen molar-refractivity contribution in [3.05, 3.63) is 76.3 Å². The number of aromatic nitrogens is 4. The van der Waals surface area contributed by atoms with Crippen molar-refractivity contribution in [3.63, 3.8) is 0 Å². The fourth-order valence-electron chi connectivity index (χ4n) is 2.45. The van der Waals surface area contributed by atoms with Gasteiger partial charge in [0.25, 0.3) is 15.9 Å². The monoisotopic (exact) mass is 489 g/mol. The van der Waals surface area contributed by atoms with E-state index in [9.17, 15) is 13.2 Å². The van der Waals surface area contributed by atoms with Gasteiger partial charge < -0.3 is 0 Å². The maximum Gasteiger partial charge on any atom is 0.287 e. The molecular formula is C18H12BrN5O3S2. The van der Waals surface area contributed by atoms with Crippen LogP contribution >= 0.6 is 27.3 Å². The predicted octanol–water partition coefficient (Wildman–Crippen LogP) is 3.27. The van der Waals surface area contributed by atoms with E-state index < -0.39 is 15.9 Å². The van der Waals surface area contributed by atoms with Gasteiger partial charge in [-0.3, -0.25) is 4.79 Å². The van der Waals surface area contributed by atoms with E-state index in [4.69, 9.17) is 0 Å². The predicted molar refractivity (Wildman–Crippen MR) is 111 cm³/mol. The van der Waals surface area contributed by atoms with Crippen molar-refractivity contribution in [1.82, 2.24) is 24.7 Å². The number of sulfonamides is 1. The van der Waals surface area contributed by atoms with E-state index in [2.05, 4.69) is 31.2 Å². The first-order valence-corrected chi connectivity index (χ1v) is 11.3. The third kappa shape index (κ3) is 4.11. The Morgan fingerprint density at radius 2 is 1.79 bits per heavy atom. The third-order valence-electron chi connectivity index (χ3n) is 3.83. The lowest BCUT2D eigenvalue weighted by Crippen LogP contribution is -2.31. The summed E-state index contributed by atoms with van der Waals surface area (Å²) in [5, 5.41) is 9.34. The van der Waals surface area contributed by atoms with Crippen molar-refractivity contribution >= 4 is 43.2 Å². The first kappa shape index (κ1) is 19.4. The highest BCUT2D eigenvalue weighted by molar-refractivity contribution is 9.10. The highest BCUT2D eigenvalue weighted by Crippen LogP contribution is 2.25. The molecule has 0 unspecified atom stereocenters. The molecule has 0 aliphatic heterocycles. The smallest absolute Gasteiger partial charge is 0.266 e. The van der Waals surface area contributed by atoms with Gasteiger partial charge in [0.05, 0.1) is 11.9 Å². The average Bonchev–Trinajstić information content (AvgIpc) is 3.39. The molecular weight excluding hydrogens is 478 g/mol. The standard InChI is InChI=1S/C18H12BrN5O3S2/c19-13-8-4-5-9-15(13)24-10-14(21-23-24)17(25)22-29(26,27)16-11-28-18(20-16)12-6-2-1-3-7-12/h1-11H,(H,22,25). The van der Waals surface area contributed by atoms with Crippen LogP contribution in [0.2, 0.25) is 0 Å². The summed E-state index contributed by atoms with van der Waals surface area (Å²) in [6.07, 6.45) is 1.35. The van der Waals surface area contributed by atoms with Crippen LogP contribution in [-0.2, 0) is 10.0 Å². The Balaban J connectivity index is 1.54. The molecule has 8 nitrogen and oxygen atoms in total. The van der Waals surface area contributed by atoms with E-state index in [0.717, 1.165) is 10.0 Å². The number of carbonyl (C=O) groups is 1. The van der Waals surface area contributed by atoms with Crippen molar-refractivity contribution in [3.8, 4) is 16.3 Å². The van der Waals surface area contributed by atoms with Crippen molar-refractivity contribution in [1.29, 1.82) is 0 Å². The second kappa shape index (κ2) is 7.85. The number of nitrogens with one attached hydrogen (secondary N) is 1. The van der Waals surface area contributed by atoms with Gasteiger partial charge in [0.1, 0.15) is 5.01 Å². The number of rotatable bonds is 5. The molecule has 4 rings (SSSR count). The summed E-state index contributed by atoms with van der Waals surface area (Å²) in [6.45, 7) is 0. The summed E-state index contributed by atoms with van der Waals surface area (Å²) in [4.78, 5) is 16.5. The molecule has 29 heavy (non-hydrogen) atoms. The molecule has 1 amide bonds. The molecule has 0 spiro atoms. The van der Waals surface area contributed by atoms with Crippen LogP contribution in [0.1, 0.15) is 10.5 Å². The molecule has 0 bridgehead atoms. The van der Waals surface area contributed by atoms with E-state index in [-0.39, 0.29) is 10.7 Å². The number of nitrogens with zero attached hydrogens (tertiary/aromatic N) is 4. The van der Waals surface area contributed by atoms with Gasteiger partial charge in [0.15, 0.2) is 10.7 Å². The fraction of sp³-hybridized carbons (Fsp3) is 0. The second-order valence-corrected chi connectivity index (χ2v) is 9.13. The Labute approximate surface area is 178 Å². The lowest BCUT2D eigenvalue weighted by molar-refractivity contribution is 0.0976. The minimum absolute atomic E-state index is 0.136. The van der Waals surface area contributed by atoms with Gasteiger partial charge in [0, 0.05) is 15.4 Å². The number of hydrogen-bond acceptors (Lipinski definition) is 7. The van der Waals surface area contributed by atoms with E-state index in [0.29, 0.717) is 10.7 Å². The van der Waals surface area contributed by atoms with Gasteiger partial charge in [-0.2, -0.15) is 8.42 Å². The average molecular weight is 490 g/mol. The molecule has 0 aliphatic carbocycles. The highest BCUT2D eigenvalue weighted by Gasteiger charge is 2.24. The van der Waals surface area contributed by atoms with Gasteiger partial charge in [-0.1, -0.05) is 47.7 Å². The van der Waals surface area contributed by atoms with E-state index in [1.54, 1.807) is 12.1 Å². The van der Waals surface area contributed by atoms with Crippen LogP contribution in [0.15, 0.2) is 75.7 Å². The second-order valence-electron chi connectivity index (χ2n) is 5.79. The number of hydrogen-bond donors (Lipinski definition) is 1. The molecule has 2 aromatic carbocycles. The number of halogens is 1. The molecule has 1 N–H and O–H groups in total. The van der Waals surface area contributed by atoms with Gasteiger partial charge in [-0.25, -0.2) is 14.4 Å². The lowest BCUT2D eigenvalue weighted by Gasteiger charge is -2.03. The Hall–Kier alpha value is -2.89. The molecule has 0 saturated carbocycles. The Kier molecular flexibility index (Phi) is 5.26. The zero-order valence-electron chi connectivity index (χ0n) is 14.6. The zero-order chi connectivity index (χ0) is 20.4. The zero-order valence-corrected chi connectivity index (χ0v) is 17.8. The minimum atomic E-state index is -4.14. The summed E-state index contributed by atoms with van der Waals surface area (Å²) >= 11 is 4.56. The topological polar surface area (TPSA) is 107 Å². The molecule has 146 valence electrons. The van der Waals surface area contributed by atoms with Crippen LogP contribution in [-0.4, -0.2) is 34.3 Å². The number of amides is 1. The van der Waals surface area contributed by atoms with Gasteiger partial charge in [0.2, 0.25) is 0 Å². The fourth-order valence-corrected chi connectivity index (χ4v) is 4.97. The molecule has 4 aromatic rings. The maximum absolute atomic E-state index is 12.5. The van der Waals surface area contributed by atoms with E-state index in [1.165, 1.54) is 27.6 Å². The van der Waals surface area contributed by atoms with Crippen LogP contribution < -0.4 is 4.72 Å². The van der Waals surface area contributed by atoms with Gasteiger partial charge >= 0.3 is 0 Å². The third-order valence-corrected chi connectivity index (χ3v) is 6.76. The molecule has 0 radical (unpaired) electrons. The van der Waals surface area contributed by atoms with Crippen LogP contribution in [0.25, 0.3) is 16.3 Å². The number of para-hydroxylation sites is 1. The summed E-state index contributed by atoms with van der Waals surface area (Å²) in [7, 11) is -4.14. The molecule has 0 fully saturated rings. The highest BCUT2D eigenvalue weighted by atomic mass is 79.9. The van der Waals surface area contributed by atoms with Crippen molar-refractivity contribution in [2.75, 3.05) is 0 Å². The number of carbonyl (C=O) groups excluding carboxylic acids is 1.